The minimum atomic E-state index is 0.468. The minimum absolute atomic E-state index is 0.468. The summed E-state index contributed by atoms with van der Waals surface area (Å²) in [5.41, 5.74) is 7.51. The van der Waals surface area contributed by atoms with Crippen molar-refractivity contribution in [2.75, 3.05) is 13.1 Å². The molecule has 23 heavy (non-hydrogen) atoms. The van der Waals surface area contributed by atoms with Crippen molar-refractivity contribution >= 4 is 28.6 Å². The molecule has 1 fully saturated rings. The number of aromatic nitrogens is 1. The van der Waals surface area contributed by atoms with Crippen LogP contribution in [0.5, 0.6) is 0 Å². The smallest absolute Gasteiger partial charge is 0.0617 e. The first-order valence-electron chi connectivity index (χ1n) is 8.76. The van der Waals surface area contributed by atoms with Gasteiger partial charge in [0.15, 0.2) is 0 Å². The van der Waals surface area contributed by atoms with Crippen molar-refractivity contribution in [3.05, 3.63) is 35.0 Å². The van der Waals surface area contributed by atoms with E-state index in [9.17, 15) is 0 Å². The number of nitrogens with zero attached hydrogens (tertiary/aromatic N) is 1. The van der Waals surface area contributed by atoms with Gasteiger partial charge in [-0.05, 0) is 55.5 Å². The molecule has 0 amide bonds. The fraction of sp³-hybridized carbons (Fsp3) is 0.526. The number of benzene rings is 1. The molecule has 0 bridgehead atoms. The number of H-pyrrole nitrogens is 1. The quantitative estimate of drug-likeness (QED) is 0.843. The molecule has 1 aromatic carbocycles. The predicted octanol–water partition coefficient (Wildman–Crippen LogP) is 3.52. The predicted molar refractivity (Wildman–Crippen MR) is 100 cm³/mol. The van der Waals surface area contributed by atoms with E-state index < -0.39 is 0 Å². The lowest BCUT2D eigenvalue weighted by molar-refractivity contribution is 0.105. The van der Waals surface area contributed by atoms with E-state index >= 15 is 0 Å². The van der Waals surface area contributed by atoms with Gasteiger partial charge in [-0.2, -0.15) is 0 Å². The molecule has 2 aliphatic rings. The third-order valence-electron chi connectivity index (χ3n) is 5.73. The molecular formula is C19H25N3S. The van der Waals surface area contributed by atoms with Crippen molar-refractivity contribution in [1.29, 1.82) is 0 Å². The number of aromatic amines is 1. The topological polar surface area (TPSA) is 31.1 Å². The van der Waals surface area contributed by atoms with Gasteiger partial charge in [-0.15, -0.1) is 0 Å². The Morgan fingerprint density at radius 3 is 3.09 bits per heavy atom. The molecule has 1 saturated heterocycles. The molecule has 1 aliphatic carbocycles. The number of likely N-dealkylation sites (tertiary alicyclic amines) is 1. The summed E-state index contributed by atoms with van der Waals surface area (Å²) in [7, 11) is 0. The van der Waals surface area contributed by atoms with Gasteiger partial charge in [0.1, 0.15) is 0 Å². The van der Waals surface area contributed by atoms with E-state index in [0.29, 0.717) is 18.0 Å². The zero-order valence-electron chi connectivity index (χ0n) is 13.9. The molecule has 0 unspecified atom stereocenters. The van der Waals surface area contributed by atoms with Crippen LogP contribution in [-0.2, 0) is 6.42 Å². The third-order valence-corrected chi connectivity index (χ3v) is 5.86. The normalized spacial score (nSPS) is 27.0. The molecular weight excluding hydrogens is 302 g/mol. The van der Waals surface area contributed by atoms with Gasteiger partial charge in [-0.25, -0.2) is 0 Å². The van der Waals surface area contributed by atoms with E-state index in [0.717, 1.165) is 6.54 Å². The Bertz CT molecular complexity index is 736. The van der Waals surface area contributed by atoms with Gasteiger partial charge in [0, 0.05) is 41.6 Å². The highest BCUT2D eigenvalue weighted by Crippen LogP contribution is 2.44. The average molecular weight is 327 g/mol. The van der Waals surface area contributed by atoms with Crippen molar-refractivity contribution in [3.8, 4) is 0 Å². The Balaban J connectivity index is 1.81. The molecule has 0 saturated carbocycles. The van der Waals surface area contributed by atoms with Crippen LogP contribution in [0.4, 0.5) is 0 Å². The maximum Gasteiger partial charge on any atom is 0.0617 e. The van der Waals surface area contributed by atoms with E-state index in [1.54, 1.807) is 11.1 Å². The summed E-state index contributed by atoms with van der Waals surface area (Å²) in [6, 6.07) is 5.61. The van der Waals surface area contributed by atoms with Crippen LogP contribution in [0.15, 0.2) is 18.3 Å². The van der Waals surface area contributed by atoms with E-state index in [-0.39, 0.29) is 0 Å². The number of hydrogen-bond acceptors (Lipinski definition) is 2. The number of rotatable bonds is 4. The Labute approximate surface area is 143 Å². The van der Waals surface area contributed by atoms with Crippen LogP contribution in [0, 0.1) is 6.92 Å². The second kappa shape index (κ2) is 5.91. The maximum atomic E-state index is 5.06. The van der Waals surface area contributed by atoms with Gasteiger partial charge in [-0.1, -0.05) is 25.2 Å². The van der Waals surface area contributed by atoms with Crippen molar-refractivity contribution in [2.45, 2.75) is 51.1 Å². The molecule has 3 atom stereocenters. The number of hydrogen-bond donors (Lipinski definition) is 2. The average Bonchev–Trinajstić information content (AvgIpc) is 2.95. The number of piperidine rings is 1. The highest BCUT2D eigenvalue weighted by Gasteiger charge is 2.40. The van der Waals surface area contributed by atoms with Crippen LogP contribution >= 0.6 is 12.2 Å². The summed E-state index contributed by atoms with van der Waals surface area (Å²) in [5, 5.41) is 4.91. The fourth-order valence-electron chi connectivity index (χ4n) is 4.85. The second-order valence-corrected chi connectivity index (χ2v) is 7.36. The minimum Gasteiger partial charge on any atom is -0.378 e. The SMILES string of the molecule is CCCN1C[C@@H](NC=S)C[C@@H]2c3c(C)ccc4[nH]cc(c34)C[C@H]21. The van der Waals surface area contributed by atoms with Crippen LogP contribution in [0.3, 0.4) is 0 Å². The lowest BCUT2D eigenvalue weighted by Crippen LogP contribution is -2.55. The van der Waals surface area contributed by atoms with Gasteiger partial charge in [0.2, 0.25) is 0 Å². The van der Waals surface area contributed by atoms with Gasteiger partial charge < -0.3 is 10.3 Å². The maximum absolute atomic E-state index is 5.06. The van der Waals surface area contributed by atoms with Crippen LogP contribution in [-0.4, -0.2) is 40.5 Å². The van der Waals surface area contributed by atoms with E-state index in [2.05, 4.69) is 47.4 Å². The summed E-state index contributed by atoms with van der Waals surface area (Å²) in [5.74, 6) is 0.606. The van der Waals surface area contributed by atoms with Crippen molar-refractivity contribution < 1.29 is 0 Å². The molecule has 2 heterocycles. The lowest BCUT2D eigenvalue weighted by Gasteiger charge is -2.47. The summed E-state index contributed by atoms with van der Waals surface area (Å²) in [6.45, 7) is 6.83. The number of thiocarbonyl (C=S) groups is 1. The Morgan fingerprint density at radius 2 is 2.30 bits per heavy atom. The summed E-state index contributed by atoms with van der Waals surface area (Å²) in [6.07, 6.45) is 5.79. The largest absolute Gasteiger partial charge is 0.378 e. The zero-order chi connectivity index (χ0) is 16.0. The number of aryl methyl sites for hydroxylation is 1. The molecule has 0 spiro atoms. The Hall–Kier alpha value is -1.39. The van der Waals surface area contributed by atoms with Crippen molar-refractivity contribution in [3.63, 3.8) is 0 Å². The molecule has 2 N–H and O–H groups in total. The molecule has 1 aromatic heterocycles. The monoisotopic (exact) mass is 327 g/mol. The van der Waals surface area contributed by atoms with Gasteiger partial charge in [0.05, 0.1) is 5.49 Å². The van der Waals surface area contributed by atoms with Crippen LogP contribution in [0.25, 0.3) is 10.9 Å². The molecule has 0 radical (unpaired) electrons. The highest BCUT2D eigenvalue weighted by molar-refractivity contribution is 7.78. The highest BCUT2D eigenvalue weighted by atomic mass is 32.1. The first-order chi connectivity index (χ1) is 11.2. The van der Waals surface area contributed by atoms with Crippen LogP contribution in [0.1, 0.15) is 42.4 Å². The molecule has 4 rings (SSSR count). The first kappa shape index (κ1) is 15.2. The summed E-state index contributed by atoms with van der Waals surface area (Å²) >= 11 is 5.06. The fourth-order valence-corrected chi connectivity index (χ4v) is 5.04. The molecule has 3 nitrogen and oxygen atoms in total. The molecule has 122 valence electrons. The standard InChI is InChI=1S/C19H25N3S/c1-3-6-22-10-14(21-11-23)8-15-17(22)7-13-9-20-16-5-4-12(2)18(15)19(13)16/h4-5,9,11,14-15,17,20H,3,6-8,10H2,1-2H3,(H,21,23)/t14-,15-,17+/m0/s1. The second-order valence-electron chi connectivity index (χ2n) is 7.12. The van der Waals surface area contributed by atoms with E-state index in [4.69, 9.17) is 12.2 Å². The third kappa shape index (κ3) is 2.39. The molecule has 2 aromatic rings. The molecule has 4 heteroatoms. The lowest BCUT2D eigenvalue weighted by atomic mass is 9.72. The Morgan fingerprint density at radius 1 is 1.43 bits per heavy atom. The van der Waals surface area contributed by atoms with E-state index in [1.165, 1.54) is 47.8 Å². The summed E-state index contributed by atoms with van der Waals surface area (Å²) < 4.78 is 0. The summed E-state index contributed by atoms with van der Waals surface area (Å²) in [4.78, 5) is 6.18. The molecule has 1 aliphatic heterocycles. The first-order valence-corrected chi connectivity index (χ1v) is 9.23. The number of nitrogens with one attached hydrogen (secondary N) is 2. The van der Waals surface area contributed by atoms with E-state index in [1.807, 2.05) is 0 Å². The Kier molecular flexibility index (Phi) is 3.90. The van der Waals surface area contributed by atoms with Crippen LogP contribution in [0.2, 0.25) is 0 Å². The van der Waals surface area contributed by atoms with Crippen molar-refractivity contribution in [1.82, 2.24) is 15.2 Å². The van der Waals surface area contributed by atoms with Crippen molar-refractivity contribution in [2.24, 2.45) is 0 Å². The number of fused-ring (bicyclic) bond motifs is 2. The van der Waals surface area contributed by atoms with Gasteiger partial charge in [0.25, 0.3) is 0 Å². The van der Waals surface area contributed by atoms with Gasteiger partial charge in [-0.3, -0.25) is 4.90 Å². The zero-order valence-corrected chi connectivity index (χ0v) is 14.7. The van der Waals surface area contributed by atoms with Crippen LogP contribution < -0.4 is 5.32 Å². The van der Waals surface area contributed by atoms with Gasteiger partial charge >= 0.3 is 0 Å².